The lowest BCUT2D eigenvalue weighted by atomic mass is 10.1. The molecule has 3 aromatic rings. The third kappa shape index (κ3) is 4.43. The number of carbonyl (C=O) groups is 2. The van der Waals surface area contributed by atoms with Crippen molar-refractivity contribution in [2.24, 2.45) is 0 Å². The number of nitro groups is 1. The molecule has 1 atom stereocenters. The Labute approximate surface area is 181 Å². The van der Waals surface area contributed by atoms with E-state index in [1.807, 2.05) is 24.3 Å². The summed E-state index contributed by atoms with van der Waals surface area (Å²) in [6.45, 7) is 2.58. The van der Waals surface area contributed by atoms with Gasteiger partial charge in [0.1, 0.15) is 5.01 Å². The van der Waals surface area contributed by atoms with Gasteiger partial charge in [-0.2, -0.15) is 0 Å². The molecule has 1 aliphatic heterocycles. The molecule has 4 rings (SSSR count). The van der Waals surface area contributed by atoms with Crippen molar-refractivity contribution in [3.05, 3.63) is 74.8 Å². The van der Waals surface area contributed by atoms with Crippen molar-refractivity contribution in [3.63, 3.8) is 0 Å². The van der Waals surface area contributed by atoms with E-state index in [-0.39, 0.29) is 28.2 Å². The molecule has 10 heteroatoms. The Morgan fingerprint density at radius 3 is 2.74 bits per heavy atom. The van der Waals surface area contributed by atoms with Gasteiger partial charge in [0.25, 0.3) is 11.6 Å². The maximum Gasteiger partial charge on any atom is 0.270 e. The lowest BCUT2D eigenvalue weighted by molar-refractivity contribution is -0.384. The average molecular weight is 437 g/mol. The first-order chi connectivity index (χ1) is 14.9. The number of nitrogens with zero attached hydrogens (tertiary/aromatic N) is 4. The van der Waals surface area contributed by atoms with Crippen LogP contribution in [0.5, 0.6) is 0 Å². The Hall–Kier alpha value is -3.66. The Bertz CT molecular complexity index is 1140. The van der Waals surface area contributed by atoms with Crippen LogP contribution in [0.3, 0.4) is 0 Å². The summed E-state index contributed by atoms with van der Waals surface area (Å²) in [4.78, 5) is 37.0. The largest absolute Gasteiger partial charge is 0.312 e. The van der Waals surface area contributed by atoms with Gasteiger partial charge in [-0.15, -0.1) is 10.2 Å². The van der Waals surface area contributed by atoms with Gasteiger partial charge in [0, 0.05) is 42.3 Å². The molecule has 2 amide bonds. The summed E-state index contributed by atoms with van der Waals surface area (Å²) < 4.78 is 0. The number of rotatable bonds is 6. The Balaban J connectivity index is 1.44. The first kappa shape index (κ1) is 20.6. The number of aryl methyl sites for hydroxylation is 1. The summed E-state index contributed by atoms with van der Waals surface area (Å²) in [6, 6.07) is 13.4. The molecule has 2 aromatic carbocycles. The van der Waals surface area contributed by atoms with E-state index >= 15 is 0 Å². The van der Waals surface area contributed by atoms with Crippen molar-refractivity contribution in [2.75, 3.05) is 16.8 Å². The standard InChI is InChI=1S/C21H19N5O4S/c1-2-13-6-8-16(9-7-13)25-12-15(11-18(25)27)20-23-24-21(31-20)22-19(28)14-4-3-5-17(10-14)26(29)30/h3-10,15H,2,11-12H2,1H3,(H,22,24,28). The third-order valence-corrected chi connectivity index (χ3v) is 6.11. The van der Waals surface area contributed by atoms with Gasteiger partial charge in [-0.25, -0.2) is 0 Å². The minimum Gasteiger partial charge on any atom is -0.312 e. The SMILES string of the molecule is CCc1ccc(N2CC(c3nnc(NC(=O)c4cccc([N+](=O)[O-])c4)s3)CC2=O)cc1. The van der Waals surface area contributed by atoms with Gasteiger partial charge in [0.05, 0.1) is 4.92 Å². The highest BCUT2D eigenvalue weighted by Gasteiger charge is 2.34. The van der Waals surface area contributed by atoms with Crippen molar-refractivity contribution in [1.29, 1.82) is 0 Å². The van der Waals surface area contributed by atoms with Crippen LogP contribution in [0, 0.1) is 10.1 Å². The molecule has 31 heavy (non-hydrogen) atoms. The first-order valence-electron chi connectivity index (χ1n) is 9.73. The zero-order valence-corrected chi connectivity index (χ0v) is 17.5. The fraction of sp³-hybridized carbons (Fsp3) is 0.238. The molecule has 0 spiro atoms. The third-order valence-electron chi connectivity index (χ3n) is 5.11. The van der Waals surface area contributed by atoms with Gasteiger partial charge in [-0.05, 0) is 30.2 Å². The quantitative estimate of drug-likeness (QED) is 0.463. The van der Waals surface area contributed by atoms with Crippen LogP contribution in [0.25, 0.3) is 0 Å². The van der Waals surface area contributed by atoms with Crippen molar-refractivity contribution in [2.45, 2.75) is 25.7 Å². The summed E-state index contributed by atoms with van der Waals surface area (Å²) in [5.41, 5.74) is 2.06. The summed E-state index contributed by atoms with van der Waals surface area (Å²) in [7, 11) is 0. The van der Waals surface area contributed by atoms with E-state index < -0.39 is 10.8 Å². The maximum atomic E-state index is 12.5. The molecule has 1 aromatic heterocycles. The summed E-state index contributed by atoms with van der Waals surface area (Å²) in [6.07, 6.45) is 1.26. The van der Waals surface area contributed by atoms with Gasteiger partial charge in [0.15, 0.2) is 0 Å². The second-order valence-electron chi connectivity index (χ2n) is 7.13. The van der Waals surface area contributed by atoms with E-state index in [2.05, 4.69) is 22.4 Å². The number of hydrogen-bond acceptors (Lipinski definition) is 7. The number of amides is 2. The van der Waals surface area contributed by atoms with E-state index in [0.717, 1.165) is 12.1 Å². The molecular weight excluding hydrogens is 418 g/mol. The highest BCUT2D eigenvalue weighted by atomic mass is 32.1. The number of benzene rings is 2. The van der Waals surface area contributed by atoms with Crippen molar-refractivity contribution in [1.82, 2.24) is 10.2 Å². The minimum atomic E-state index is -0.557. The summed E-state index contributed by atoms with van der Waals surface area (Å²) in [5, 5.41) is 22.6. The van der Waals surface area contributed by atoms with E-state index in [0.29, 0.717) is 18.0 Å². The number of nitrogens with one attached hydrogen (secondary N) is 1. The molecule has 2 heterocycles. The number of nitro benzene ring substituents is 1. The van der Waals surface area contributed by atoms with Crippen LogP contribution in [0.15, 0.2) is 48.5 Å². The van der Waals surface area contributed by atoms with Crippen LogP contribution >= 0.6 is 11.3 Å². The predicted molar refractivity (Wildman–Crippen MR) is 116 cm³/mol. The molecule has 0 aliphatic carbocycles. The average Bonchev–Trinajstić information content (AvgIpc) is 3.40. The van der Waals surface area contributed by atoms with Gasteiger partial charge in [-0.1, -0.05) is 36.5 Å². The summed E-state index contributed by atoms with van der Waals surface area (Å²) in [5.74, 6) is -0.600. The van der Waals surface area contributed by atoms with Crippen LogP contribution in [-0.4, -0.2) is 33.5 Å². The molecular formula is C21H19N5O4S. The van der Waals surface area contributed by atoms with Gasteiger partial charge < -0.3 is 4.90 Å². The van der Waals surface area contributed by atoms with Gasteiger partial charge >= 0.3 is 0 Å². The van der Waals surface area contributed by atoms with Crippen LogP contribution in [0.1, 0.15) is 40.2 Å². The fourth-order valence-electron chi connectivity index (χ4n) is 3.41. The topological polar surface area (TPSA) is 118 Å². The van der Waals surface area contributed by atoms with Crippen LogP contribution < -0.4 is 10.2 Å². The van der Waals surface area contributed by atoms with E-state index in [1.54, 1.807) is 4.90 Å². The highest BCUT2D eigenvalue weighted by molar-refractivity contribution is 7.15. The van der Waals surface area contributed by atoms with E-state index in [1.165, 1.54) is 41.2 Å². The maximum absolute atomic E-state index is 12.5. The monoisotopic (exact) mass is 437 g/mol. The molecule has 1 fully saturated rings. The van der Waals surface area contributed by atoms with E-state index in [9.17, 15) is 19.7 Å². The summed E-state index contributed by atoms with van der Waals surface area (Å²) >= 11 is 1.20. The molecule has 9 nitrogen and oxygen atoms in total. The second-order valence-corrected chi connectivity index (χ2v) is 8.14. The second kappa shape index (κ2) is 8.60. The first-order valence-corrected chi connectivity index (χ1v) is 10.5. The molecule has 1 N–H and O–H groups in total. The molecule has 0 bridgehead atoms. The number of anilines is 2. The smallest absolute Gasteiger partial charge is 0.270 e. The Morgan fingerprint density at radius 2 is 2.03 bits per heavy atom. The Morgan fingerprint density at radius 1 is 1.26 bits per heavy atom. The number of carbonyl (C=O) groups excluding carboxylic acids is 2. The molecule has 1 unspecified atom stereocenters. The molecule has 158 valence electrons. The molecule has 0 saturated carbocycles. The minimum absolute atomic E-state index is 0.0200. The number of hydrogen-bond donors (Lipinski definition) is 1. The molecule has 1 aliphatic rings. The van der Waals surface area contributed by atoms with Gasteiger partial charge in [-0.3, -0.25) is 25.0 Å². The zero-order chi connectivity index (χ0) is 22.0. The number of non-ortho nitro benzene ring substituents is 1. The molecule has 1 saturated heterocycles. The predicted octanol–water partition coefficient (Wildman–Crippen LogP) is 3.78. The van der Waals surface area contributed by atoms with Crippen molar-refractivity contribution >= 4 is 39.7 Å². The molecule has 0 radical (unpaired) electrons. The zero-order valence-electron chi connectivity index (χ0n) is 16.6. The normalized spacial score (nSPS) is 15.8. The van der Waals surface area contributed by atoms with Crippen LogP contribution in [0.2, 0.25) is 0 Å². The van der Waals surface area contributed by atoms with Crippen LogP contribution in [-0.2, 0) is 11.2 Å². The van der Waals surface area contributed by atoms with Crippen LogP contribution in [0.4, 0.5) is 16.5 Å². The lowest BCUT2D eigenvalue weighted by Crippen LogP contribution is -2.24. The van der Waals surface area contributed by atoms with Crippen molar-refractivity contribution < 1.29 is 14.5 Å². The highest BCUT2D eigenvalue weighted by Crippen LogP contribution is 2.34. The lowest BCUT2D eigenvalue weighted by Gasteiger charge is -2.16. The Kier molecular flexibility index (Phi) is 5.72. The number of aromatic nitrogens is 2. The van der Waals surface area contributed by atoms with E-state index in [4.69, 9.17) is 0 Å². The van der Waals surface area contributed by atoms with Gasteiger partial charge in [0.2, 0.25) is 11.0 Å². The fourth-order valence-corrected chi connectivity index (χ4v) is 4.24. The van der Waals surface area contributed by atoms with Crippen molar-refractivity contribution in [3.8, 4) is 0 Å².